The Morgan fingerprint density at radius 3 is 2.47 bits per heavy atom. The summed E-state index contributed by atoms with van der Waals surface area (Å²) in [5, 5.41) is 0. The number of carbonyl (C=O) groups excluding carboxylic acids is 2. The molecule has 0 saturated carbocycles. The average molecular weight is 245 g/mol. The van der Waals surface area contributed by atoms with Crippen LogP contribution in [0, 0.1) is 6.92 Å². The highest BCUT2D eigenvalue weighted by molar-refractivity contribution is 6.05. The van der Waals surface area contributed by atoms with Gasteiger partial charge in [-0.3, -0.25) is 9.59 Å². The highest BCUT2D eigenvalue weighted by Crippen LogP contribution is 2.27. The van der Waals surface area contributed by atoms with Gasteiger partial charge in [-0.25, -0.2) is 0 Å². The molecular formula is C11H10F3NO2. The van der Waals surface area contributed by atoms with Gasteiger partial charge in [-0.2, -0.15) is 13.2 Å². The second-order valence-electron chi connectivity index (χ2n) is 3.59. The van der Waals surface area contributed by atoms with Gasteiger partial charge in [0.25, 0.3) is 0 Å². The first-order chi connectivity index (χ1) is 7.76. The van der Waals surface area contributed by atoms with E-state index in [1.165, 1.54) is 19.1 Å². The Bertz CT molecular complexity index is 467. The lowest BCUT2D eigenvalue weighted by atomic mass is 9.97. The lowest BCUT2D eigenvalue weighted by Gasteiger charge is -2.11. The third kappa shape index (κ3) is 3.05. The highest BCUT2D eigenvalue weighted by atomic mass is 19.4. The minimum atomic E-state index is -4.59. The van der Waals surface area contributed by atoms with Crippen LogP contribution >= 0.6 is 0 Å². The normalized spacial score (nSPS) is 11.3. The third-order valence-electron chi connectivity index (χ3n) is 2.25. The van der Waals surface area contributed by atoms with Crippen LogP contribution in [0.4, 0.5) is 18.9 Å². The predicted octanol–water partition coefficient (Wildman–Crippen LogP) is 2.52. The van der Waals surface area contributed by atoms with Crippen LogP contribution in [0.5, 0.6) is 0 Å². The van der Waals surface area contributed by atoms with E-state index in [1.54, 1.807) is 0 Å². The Morgan fingerprint density at radius 2 is 2.00 bits per heavy atom. The number of halogens is 3. The molecule has 0 aromatic heterocycles. The van der Waals surface area contributed by atoms with Crippen LogP contribution in [0.1, 0.15) is 32.7 Å². The molecule has 0 saturated heterocycles. The molecule has 0 atom stereocenters. The summed E-state index contributed by atoms with van der Waals surface area (Å²) in [5.74, 6) is -1.13. The number of benzene rings is 1. The molecule has 0 aliphatic heterocycles. The first-order valence-corrected chi connectivity index (χ1v) is 4.70. The van der Waals surface area contributed by atoms with Crippen molar-refractivity contribution in [3.05, 3.63) is 28.8 Å². The second-order valence-corrected chi connectivity index (χ2v) is 3.59. The molecule has 0 aliphatic rings. The van der Waals surface area contributed by atoms with Gasteiger partial charge in [0, 0.05) is 11.1 Å². The molecule has 17 heavy (non-hydrogen) atoms. The van der Waals surface area contributed by atoms with E-state index in [4.69, 9.17) is 5.73 Å². The van der Waals surface area contributed by atoms with Crippen molar-refractivity contribution in [1.82, 2.24) is 0 Å². The molecule has 0 aliphatic carbocycles. The fraction of sp³-hybridized carbons (Fsp3) is 0.273. The first-order valence-electron chi connectivity index (χ1n) is 4.70. The summed E-state index contributed by atoms with van der Waals surface area (Å²) >= 11 is 0. The summed E-state index contributed by atoms with van der Waals surface area (Å²) in [6.45, 7) is 1.47. The maximum absolute atomic E-state index is 12.1. The average Bonchev–Trinajstić information content (AvgIpc) is 2.15. The third-order valence-corrected chi connectivity index (χ3v) is 2.25. The van der Waals surface area contributed by atoms with Gasteiger partial charge in [0.1, 0.15) is 6.42 Å². The zero-order valence-corrected chi connectivity index (χ0v) is 8.97. The van der Waals surface area contributed by atoms with Crippen LogP contribution in [-0.4, -0.2) is 18.2 Å². The summed E-state index contributed by atoms with van der Waals surface area (Å²) in [7, 11) is 0. The fourth-order valence-corrected chi connectivity index (χ4v) is 1.49. The van der Waals surface area contributed by atoms with E-state index in [9.17, 15) is 22.8 Å². The summed E-state index contributed by atoms with van der Waals surface area (Å²) in [6, 6.07) is 2.76. The number of hydrogen-bond acceptors (Lipinski definition) is 3. The molecule has 3 nitrogen and oxygen atoms in total. The molecule has 0 bridgehead atoms. The van der Waals surface area contributed by atoms with Crippen molar-refractivity contribution in [2.75, 3.05) is 5.73 Å². The maximum Gasteiger partial charge on any atom is 0.396 e. The molecule has 1 aromatic rings. The second kappa shape index (κ2) is 4.57. The molecular weight excluding hydrogens is 235 g/mol. The number of aldehydes is 1. The van der Waals surface area contributed by atoms with Gasteiger partial charge in [-0.05, 0) is 18.6 Å². The van der Waals surface area contributed by atoms with Crippen molar-refractivity contribution in [3.8, 4) is 0 Å². The largest absolute Gasteiger partial charge is 0.398 e. The van der Waals surface area contributed by atoms with Crippen molar-refractivity contribution in [3.63, 3.8) is 0 Å². The molecule has 0 fully saturated rings. The van der Waals surface area contributed by atoms with Crippen molar-refractivity contribution in [2.45, 2.75) is 19.5 Å². The minimum Gasteiger partial charge on any atom is -0.398 e. The molecule has 1 rings (SSSR count). The maximum atomic E-state index is 12.1. The van der Waals surface area contributed by atoms with E-state index < -0.39 is 18.4 Å². The Hall–Kier alpha value is -1.85. The number of nitrogen functional groups attached to an aromatic ring is 1. The van der Waals surface area contributed by atoms with Crippen molar-refractivity contribution < 1.29 is 22.8 Å². The van der Waals surface area contributed by atoms with Gasteiger partial charge >= 0.3 is 6.18 Å². The van der Waals surface area contributed by atoms with Crippen molar-refractivity contribution >= 4 is 17.8 Å². The lowest BCUT2D eigenvalue weighted by Crippen LogP contribution is -2.17. The van der Waals surface area contributed by atoms with Gasteiger partial charge in [0.05, 0.1) is 5.69 Å². The first kappa shape index (κ1) is 13.2. The molecule has 0 unspecified atom stereocenters. The molecule has 6 heteroatoms. The zero-order chi connectivity index (χ0) is 13.2. The van der Waals surface area contributed by atoms with E-state index in [-0.39, 0.29) is 16.8 Å². The Balaban J connectivity index is 3.21. The zero-order valence-electron chi connectivity index (χ0n) is 8.97. The van der Waals surface area contributed by atoms with Crippen molar-refractivity contribution in [2.24, 2.45) is 0 Å². The van der Waals surface area contributed by atoms with E-state index in [1.807, 2.05) is 0 Å². The monoisotopic (exact) mass is 245 g/mol. The Morgan fingerprint density at radius 1 is 1.41 bits per heavy atom. The molecule has 0 heterocycles. The number of anilines is 1. The van der Waals surface area contributed by atoms with Crippen molar-refractivity contribution in [1.29, 1.82) is 0 Å². The van der Waals surface area contributed by atoms with E-state index in [0.717, 1.165) is 0 Å². The van der Waals surface area contributed by atoms with Gasteiger partial charge < -0.3 is 5.73 Å². The molecule has 1 aromatic carbocycles. The quantitative estimate of drug-likeness (QED) is 0.505. The number of Topliss-reactive ketones (excluding diaryl/α,β-unsaturated/α-hetero) is 1. The molecule has 2 N–H and O–H groups in total. The summed E-state index contributed by atoms with van der Waals surface area (Å²) < 4.78 is 36.3. The summed E-state index contributed by atoms with van der Waals surface area (Å²) in [5.41, 5.74) is 5.40. The Labute approximate surface area is 95.4 Å². The Kier molecular flexibility index (Phi) is 3.55. The summed E-state index contributed by atoms with van der Waals surface area (Å²) in [4.78, 5) is 22.0. The van der Waals surface area contributed by atoms with E-state index in [2.05, 4.69) is 0 Å². The van der Waals surface area contributed by atoms with Gasteiger partial charge in [-0.1, -0.05) is 6.07 Å². The smallest absolute Gasteiger partial charge is 0.396 e. The number of carbonyl (C=O) groups is 2. The lowest BCUT2D eigenvalue weighted by molar-refractivity contribution is -0.125. The van der Waals surface area contributed by atoms with Gasteiger partial charge in [-0.15, -0.1) is 0 Å². The number of nitrogens with two attached hydrogens (primary N) is 1. The number of alkyl halides is 3. The number of ketones is 1. The van der Waals surface area contributed by atoms with Crippen LogP contribution in [0.2, 0.25) is 0 Å². The number of aryl methyl sites for hydroxylation is 1. The number of hydrogen-bond donors (Lipinski definition) is 1. The molecule has 0 radical (unpaired) electrons. The topological polar surface area (TPSA) is 60.2 Å². The van der Waals surface area contributed by atoms with E-state index in [0.29, 0.717) is 11.8 Å². The summed E-state index contributed by atoms with van der Waals surface area (Å²) in [6.07, 6.45) is -5.77. The van der Waals surface area contributed by atoms with Crippen LogP contribution in [0.3, 0.4) is 0 Å². The highest BCUT2D eigenvalue weighted by Gasteiger charge is 2.33. The predicted molar refractivity (Wildman–Crippen MR) is 56.0 cm³/mol. The molecule has 0 spiro atoms. The number of rotatable bonds is 3. The SMILES string of the molecule is Cc1ccc(C=O)c(N)c1C(=O)CC(F)(F)F. The molecule has 0 amide bonds. The van der Waals surface area contributed by atoms with E-state index >= 15 is 0 Å². The molecule has 92 valence electrons. The minimum absolute atomic E-state index is 0.0149. The fourth-order valence-electron chi connectivity index (χ4n) is 1.49. The van der Waals surface area contributed by atoms with Crippen LogP contribution in [0.15, 0.2) is 12.1 Å². The van der Waals surface area contributed by atoms with Crippen LogP contribution in [-0.2, 0) is 0 Å². The standard InChI is InChI=1S/C11H10F3NO2/c1-6-2-3-7(5-16)10(15)9(6)8(17)4-11(12,13)14/h2-3,5H,4,15H2,1H3. The van der Waals surface area contributed by atoms with Crippen LogP contribution < -0.4 is 5.73 Å². The van der Waals surface area contributed by atoms with Gasteiger partial charge in [0.15, 0.2) is 12.1 Å². The van der Waals surface area contributed by atoms with Crippen LogP contribution in [0.25, 0.3) is 0 Å². The van der Waals surface area contributed by atoms with Gasteiger partial charge in [0.2, 0.25) is 0 Å².